The van der Waals surface area contributed by atoms with Crippen LogP contribution in [0.25, 0.3) is 0 Å². The quantitative estimate of drug-likeness (QED) is 0.684. The van der Waals surface area contributed by atoms with Gasteiger partial charge in [0.1, 0.15) is 11.9 Å². The first-order valence-corrected chi connectivity index (χ1v) is 10.5. The molecule has 5 nitrogen and oxygen atoms in total. The number of halogens is 1. The number of hydrogen-bond donors (Lipinski definition) is 1. The van der Waals surface area contributed by atoms with Gasteiger partial charge in [0.15, 0.2) is 0 Å². The van der Waals surface area contributed by atoms with Crippen molar-refractivity contribution in [2.45, 2.75) is 24.8 Å². The largest absolute Gasteiger partial charge is 0.493 e. The number of sulfonamides is 1. The van der Waals surface area contributed by atoms with Crippen LogP contribution in [0.3, 0.4) is 0 Å². The molecular weight excluding hydrogens is 382 g/mol. The molecule has 0 aliphatic rings. The van der Waals surface area contributed by atoms with Gasteiger partial charge in [0.25, 0.3) is 0 Å². The van der Waals surface area contributed by atoms with Crippen LogP contribution >= 0.6 is 22.9 Å². The molecule has 0 saturated heterocycles. The topological polar surface area (TPSA) is 64.6 Å². The Kier molecular flexibility index (Phi) is 7.27. The Bertz CT molecular complexity index is 772. The normalized spacial score (nSPS) is 13.2. The molecule has 2 rings (SSSR count). The second kappa shape index (κ2) is 9.00. The Hall–Kier alpha value is -1.12. The monoisotopic (exact) mass is 403 g/mol. The predicted octanol–water partition coefficient (Wildman–Crippen LogP) is 4.10. The van der Waals surface area contributed by atoms with E-state index in [0.29, 0.717) is 22.6 Å². The highest BCUT2D eigenvalue weighted by Crippen LogP contribution is 2.28. The number of nitrogens with one attached hydrogen (secondary N) is 1. The summed E-state index contributed by atoms with van der Waals surface area (Å²) in [5.41, 5.74) is 0. The maximum atomic E-state index is 12.4. The highest BCUT2D eigenvalue weighted by Gasteiger charge is 2.19. The summed E-state index contributed by atoms with van der Waals surface area (Å²) in [5.74, 6) is 1.05. The van der Waals surface area contributed by atoms with E-state index in [9.17, 15) is 8.42 Å². The number of thiophene rings is 1. The molecule has 0 saturated carbocycles. The SMILES string of the molecule is COC(CNS(=O)(=O)c1ccc(OCC(C)C)cc1)c1ccc(Cl)s1. The van der Waals surface area contributed by atoms with Gasteiger partial charge >= 0.3 is 0 Å². The van der Waals surface area contributed by atoms with Crippen LogP contribution in [0.1, 0.15) is 24.8 Å². The maximum absolute atomic E-state index is 12.4. The van der Waals surface area contributed by atoms with Crippen LogP contribution in [0, 0.1) is 5.92 Å². The van der Waals surface area contributed by atoms with E-state index in [2.05, 4.69) is 18.6 Å². The zero-order valence-electron chi connectivity index (χ0n) is 14.4. The molecule has 8 heteroatoms. The smallest absolute Gasteiger partial charge is 0.240 e. The third kappa shape index (κ3) is 5.97. The van der Waals surface area contributed by atoms with Gasteiger partial charge in [0.05, 0.1) is 15.8 Å². The number of rotatable bonds is 9. The van der Waals surface area contributed by atoms with Gasteiger partial charge in [-0.1, -0.05) is 25.4 Å². The van der Waals surface area contributed by atoms with Crippen molar-refractivity contribution in [3.63, 3.8) is 0 Å². The molecule has 1 atom stereocenters. The van der Waals surface area contributed by atoms with Crippen LogP contribution in [0.4, 0.5) is 0 Å². The molecule has 0 radical (unpaired) electrons. The fourth-order valence-electron chi connectivity index (χ4n) is 2.05. The van der Waals surface area contributed by atoms with Gasteiger partial charge in [-0.05, 0) is 42.3 Å². The molecule has 0 fully saturated rings. The minimum Gasteiger partial charge on any atom is -0.493 e. The number of benzene rings is 1. The fraction of sp³-hybridized carbons (Fsp3) is 0.412. The maximum Gasteiger partial charge on any atom is 0.240 e. The molecule has 138 valence electrons. The van der Waals surface area contributed by atoms with Crippen LogP contribution < -0.4 is 9.46 Å². The average Bonchev–Trinajstić information content (AvgIpc) is 3.00. The van der Waals surface area contributed by atoms with Crippen molar-refractivity contribution in [1.82, 2.24) is 4.72 Å². The lowest BCUT2D eigenvalue weighted by molar-refractivity contribution is 0.110. The van der Waals surface area contributed by atoms with E-state index in [4.69, 9.17) is 21.1 Å². The van der Waals surface area contributed by atoms with Crippen LogP contribution in [-0.2, 0) is 14.8 Å². The minimum absolute atomic E-state index is 0.126. The van der Waals surface area contributed by atoms with Crippen molar-refractivity contribution in [1.29, 1.82) is 0 Å². The van der Waals surface area contributed by atoms with Crippen molar-refractivity contribution < 1.29 is 17.9 Å². The molecular formula is C17H22ClNO4S2. The van der Waals surface area contributed by atoms with Crippen LogP contribution in [-0.4, -0.2) is 28.7 Å². The molecule has 0 amide bonds. The van der Waals surface area contributed by atoms with Crippen molar-refractivity contribution in [2.75, 3.05) is 20.3 Å². The summed E-state index contributed by atoms with van der Waals surface area (Å²) in [5, 5.41) is 0. The lowest BCUT2D eigenvalue weighted by atomic mass is 10.2. The zero-order valence-corrected chi connectivity index (χ0v) is 16.7. The summed E-state index contributed by atoms with van der Waals surface area (Å²) in [6.45, 7) is 4.82. The number of ether oxygens (including phenoxy) is 2. The summed E-state index contributed by atoms with van der Waals surface area (Å²) in [6.07, 6.45) is -0.388. The van der Waals surface area contributed by atoms with Crippen LogP contribution in [0.15, 0.2) is 41.3 Å². The summed E-state index contributed by atoms with van der Waals surface area (Å²) >= 11 is 7.29. The Balaban J connectivity index is 2.00. The molecule has 1 unspecified atom stereocenters. The van der Waals surface area contributed by atoms with Gasteiger partial charge in [0, 0.05) is 18.5 Å². The molecule has 0 bridgehead atoms. The first-order valence-electron chi connectivity index (χ1n) is 7.82. The zero-order chi connectivity index (χ0) is 18.4. The van der Waals surface area contributed by atoms with E-state index in [1.165, 1.54) is 30.6 Å². The summed E-state index contributed by atoms with van der Waals surface area (Å²) in [7, 11) is -2.09. The third-order valence-electron chi connectivity index (χ3n) is 3.37. The molecule has 1 aromatic heterocycles. The minimum atomic E-state index is -3.63. The van der Waals surface area contributed by atoms with Crippen molar-refractivity contribution in [3.8, 4) is 5.75 Å². The highest BCUT2D eigenvalue weighted by molar-refractivity contribution is 7.89. The van der Waals surface area contributed by atoms with Gasteiger partial charge in [0.2, 0.25) is 10.0 Å². The average molecular weight is 404 g/mol. The van der Waals surface area contributed by atoms with Crippen LogP contribution in [0.5, 0.6) is 5.75 Å². The van der Waals surface area contributed by atoms with Gasteiger partial charge in [-0.15, -0.1) is 11.3 Å². The van der Waals surface area contributed by atoms with Gasteiger partial charge in [-0.25, -0.2) is 13.1 Å². The van der Waals surface area contributed by atoms with E-state index in [0.717, 1.165) is 4.88 Å². The lowest BCUT2D eigenvalue weighted by Gasteiger charge is -2.15. The van der Waals surface area contributed by atoms with E-state index in [1.54, 1.807) is 18.2 Å². The third-order valence-corrected chi connectivity index (χ3v) is 6.13. The van der Waals surface area contributed by atoms with E-state index in [1.807, 2.05) is 6.07 Å². The molecule has 1 heterocycles. The molecule has 0 aliphatic heterocycles. The second-order valence-corrected chi connectivity index (χ2v) is 9.41. The van der Waals surface area contributed by atoms with Gasteiger partial charge < -0.3 is 9.47 Å². The Morgan fingerprint density at radius 2 is 1.84 bits per heavy atom. The van der Waals surface area contributed by atoms with Crippen LogP contribution in [0.2, 0.25) is 4.34 Å². The second-order valence-electron chi connectivity index (χ2n) is 5.89. The van der Waals surface area contributed by atoms with E-state index >= 15 is 0 Å². The Morgan fingerprint density at radius 1 is 1.16 bits per heavy atom. The van der Waals surface area contributed by atoms with Gasteiger partial charge in [-0.2, -0.15) is 0 Å². The number of hydrogen-bond acceptors (Lipinski definition) is 5. The standard InChI is InChI=1S/C17H22ClNO4S2/c1-12(2)11-23-13-4-6-14(7-5-13)25(20,21)19-10-15(22-3)16-8-9-17(18)24-16/h4-9,12,15,19H,10-11H2,1-3H3. The summed E-state index contributed by atoms with van der Waals surface area (Å²) < 4.78 is 39.0. The predicted molar refractivity (Wildman–Crippen MR) is 101 cm³/mol. The molecule has 25 heavy (non-hydrogen) atoms. The molecule has 0 spiro atoms. The van der Waals surface area contributed by atoms with Crippen molar-refractivity contribution in [3.05, 3.63) is 45.6 Å². The van der Waals surface area contributed by atoms with Crippen molar-refractivity contribution >= 4 is 33.0 Å². The molecule has 0 aliphatic carbocycles. The summed E-state index contributed by atoms with van der Waals surface area (Å²) in [6, 6.07) is 9.96. The molecule has 1 N–H and O–H groups in total. The number of methoxy groups -OCH3 is 1. The van der Waals surface area contributed by atoms with Gasteiger partial charge in [-0.3, -0.25) is 0 Å². The fourth-order valence-corrected chi connectivity index (χ4v) is 4.22. The van der Waals surface area contributed by atoms with Crippen molar-refractivity contribution in [2.24, 2.45) is 5.92 Å². The van der Waals surface area contributed by atoms with E-state index in [-0.39, 0.29) is 17.5 Å². The first kappa shape index (κ1) is 20.2. The molecule has 1 aromatic carbocycles. The summed E-state index contributed by atoms with van der Waals surface area (Å²) in [4.78, 5) is 1.05. The Labute approximate surface area is 158 Å². The Morgan fingerprint density at radius 3 is 2.36 bits per heavy atom. The van der Waals surface area contributed by atoms with E-state index < -0.39 is 10.0 Å². The lowest BCUT2D eigenvalue weighted by Crippen LogP contribution is -2.29. The molecule has 2 aromatic rings. The first-order chi connectivity index (χ1) is 11.8. The highest BCUT2D eigenvalue weighted by atomic mass is 35.5.